The second-order valence-corrected chi connectivity index (χ2v) is 5.20. The minimum absolute atomic E-state index is 0.436. The molecule has 0 spiro atoms. The van der Waals surface area contributed by atoms with Crippen LogP contribution >= 0.6 is 11.6 Å². The van der Waals surface area contributed by atoms with Gasteiger partial charge in [-0.05, 0) is 49.2 Å². The minimum atomic E-state index is 0.436. The van der Waals surface area contributed by atoms with E-state index in [1.807, 2.05) is 36.4 Å². The van der Waals surface area contributed by atoms with Crippen molar-refractivity contribution in [3.63, 3.8) is 0 Å². The van der Waals surface area contributed by atoms with E-state index in [1.54, 1.807) is 0 Å². The SMILES string of the molecule is Clc1ccc(OCc2ccc(CNC3CC3)o2)cc1. The van der Waals surface area contributed by atoms with E-state index < -0.39 is 0 Å². The molecule has 1 aliphatic rings. The Labute approximate surface area is 117 Å². The molecule has 1 saturated carbocycles. The summed E-state index contributed by atoms with van der Waals surface area (Å²) < 4.78 is 11.3. The summed E-state index contributed by atoms with van der Waals surface area (Å²) in [6.07, 6.45) is 2.57. The van der Waals surface area contributed by atoms with Gasteiger partial charge >= 0.3 is 0 Å². The predicted octanol–water partition coefficient (Wildman–Crippen LogP) is 3.76. The van der Waals surface area contributed by atoms with Crippen molar-refractivity contribution < 1.29 is 9.15 Å². The highest BCUT2D eigenvalue weighted by molar-refractivity contribution is 6.30. The third kappa shape index (κ3) is 3.75. The smallest absolute Gasteiger partial charge is 0.146 e. The van der Waals surface area contributed by atoms with E-state index in [0.29, 0.717) is 17.7 Å². The molecule has 4 heteroatoms. The van der Waals surface area contributed by atoms with Crippen LogP contribution in [-0.2, 0) is 13.2 Å². The molecular formula is C15H16ClNO2. The molecule has 0 unspecified atom stereocenters. The number of nitrogens with one attached hydrogen (secondary N) is 1. The van der Waals surface area contributed by atoms with Gasteiger partial charge in [0.1, 0.15) is 23.9 Å². The molecule has 1 aromatic heterocycles. The van der Waals surface area contributed by atoms with Crippen LogP contribution in [0.1, 0.15) is 24.4 Å². The van der Waals surface area contributed by atoms with E-state index in [0.717, 1.165) is 23.8 Å². The van der Waals surface area contributed by atoms with E-state index in [2.05, 4.69) is 5.32 Å². The average Bonchev–Trinajstić information content (AvgIpc) is 3.15. The Bertz CT molecular complexity index is 531. The van der Waals surface area contributed by atoms with Crippen LogP contribution in [0, 0.1) is 0 Å². The van der Waals surface area contributed by atoms with Gasteiger partial charge in [-0.1, -0.05) is 11.6 Å². The van der Waals surface area contributed by atoms with Crippen molar-refractivity contribution in [1.29, 1.82) is 0 Å². The third-order valence-electron chi connectivity index (χ3n) is 3.05. The second-order valence-electron chi connectivity index (χ2n) is 4.77. The summed E-state index contributed by atoms with van der Waals surface area (Å²) >= 11 is 5.82. The molecule has 3 nitrogen and oxygen atoms in total. The van der Waals surface area contributed by atoms with Crippen LogP contribution in [0.2, 0.25) is 5.02 Å². The maximum atomic E-state index is 5.82. The molecule has 2 aromatic rings. The summed E-state index contributed by atoms with van der Waals surface area (Å²) in [6.45, 7) is 1.23. The van der Waals surface area contributed by atoms with E-state index in [9.17, 15) is 0 Å². The molecule has 1 aliphatic carbocycles. The van der Waals surface area contributed by atoms with Gasteiger partial charge in [0, 0.05) is 11.1 Å². The van der Waals surface area contributed by atoms with Crippen molar-refractivity contribution in [3.05, 3.63) is 52.9 Å². The Kier molecular flexibility index (Phi) is 3.76. The predicted molar refractivity (Wildman–Crippen MR) is 74.4 cm³/mol. The zero-order valence-electron chi connectivity index (χ0n) is 10.6. The molecule has 0 aliphatic heterocycles. The highest BCUT2D eigenvalue weighted by Gasteiger charge is 2.20. The zero-order chi connectivity index (χ0) is 13.1. The van der Waals surface area contributed by atoms with Crippen molar-refractivity contribution in [2.45, 2.75) is 32.0 Å². The molecule has 1 aromatic carbocycles. The van der Waals surface area contributed by atoms with Crippen LogP contribution in [0.4, 0.5) is 0 Å². The Hall–Kier alpha value is -1.45. The molecule has 0 radical (unpaired) electrons. The van der Waals surface area contributed by atoms with Gasteiger partial charge in [0.25, 0.3) is 0 Å². The lowest BCUT2D eigenvalue weighted by atomic mass is 10.3. The summed E-state index contributed by atoms with van der Waals surface area (Å²) in [6, 6.07) is 12.0. The van der Waals surface area contributed by atoms with Crippen LogP contribution in [-0.4, -0.2) is 6.04 Å². The van der Waals surface area contributed by atoms with E-state index in [1.165, 1.54) is 12.8 Å². The first-order valence-corrected chi connectivity index (χ1v) is 6.87. The van der Waals surface area contributed by atoms with Crippen molar-refractivity contribution in [1.82, 2.24) is 5.32 Å². The van der Waals surface area contributed by atoms with Crippen LogP contribution < -0.4 is 10.1 Å². The topological polar surface area (TPSA) is 34.4 Å². The van der Waals surface area contributed by atoms with Crippen LogP contribution in [0.5, 0.6) is 5.75 Å². The summed E-state index contributed by atoms with van der Waals surface area (Å²) in [5, 5.41) is 4.12. The molecule has 0 atom stereocenters. The zero-order valence-corrected chi connectivity index (χ0v) is 11.3. The average molecular weight is 278 g/mol. The Morgan fingerprint density at radius 1 is 1.11 bits per heavy atom. The normalized spacial score (nSPS) is 14.6. The first kappa shape index (κ1) is 12.6. The largest absolute Gasteiger partial charge is 0.486 e. The molecule has 0 bridgehead atoms. The van der Waals surface area contributed by atoms with Crippen LogP contribution in [0.3, 0.4) is 0 Å². The lowest BCUT2D eigenvalue weighted by molar-refractivity contribution is 0.265. The van der Waals surface area contributed by atoms with Crippen molar-refractivity contribution >= 4 is 11.6 Å². The summed E-state index contributed by atoms with van der Waals surface area (Å²) in [5.41, 5.74) is 0. The molecule has 100 valence electrons. The van der Waals surface area contributed by atoms with Gasteiger partial charge in [-0.15, -0.1) is 0 Å². The fourth-order valence-corrected chi connectivity index (χ4v) is 1.94. The van der Waals surface area contributed by atoms with Crippen LogP contribution in [0.25, 0.3) is 0 Å². The highest BCUT2D eigenvalue weighted by Crippen LogP contribution is 2.20. The number of furan rings is 1. The van der Waals surface area contributed by atoms with Crippen molar-refractivity contribution in [3.8, 4) is 5.75 Å². The quantitative estimate of drug-likeness (QED) is 0.873. The summed E-state index contributed by atoms with van der Waals surface area (Å²) in [7, 11) is 0. The number of hydrogen-bond acceptors (Lipinski definition) is 3. The van der Waals surface area contributed by atoms with Gasteiger partial charge in [-0.2, -0.15) is 0 Å². The third-order valence-corrected chi connectivity index (χ3v) is 3.31. The molecule has 1 fully saturated rings. The molecule has 1 heterocycles. The fraction of sp³-hybridized carbons (Fsp3) is 0.333. The Balaban J connectivity index is 1.50. The number of ether oxygens (including phenoxy) is 1. The molecule has 1 N–H and O–H groups in total. The first-order valence-electron chi connectivity index (χ1n) is 6.49. The standard InChI is InChI=1S/C15H16ClNO2/c16-11-1-5-13(6-2-11)18-10-15-8-7-14(19-15)9-17-12-3-4-12/h1-2,5-8,12,17H,3-4,9-10H2. The minimum Gasteiger partial charge on any atom is -0.486 e. The number of hydrogen-bond donors (Lipinski definition) is 1. The molecule has 3 rings (SSSR count). The van der Waals surface area contributed by atoms with E-state index in [-0.39, 0.29) is 0 Å². The van der Waals surface area contributed by atoms with Gasteiger partial charge in [0.05, 0.1) is 6.54 Å². The Morgan fingerprint density at radius 3 is 2.58 bits per heavy atom. The van der Waals surface area contributed by atoms with Crippen molar-refractivity contribution in [2.24, 2.45) is 0 Å². The lowest BCUT2D eigenvalue weighted by Gasteiger charge is -2.04. The number of rotatable bonds is 6. The second kappa shape index (κ2) is 5.68. The van der Waals surface area contributed by atoms with Crippen LogP contribution in [0.15, 0.2) is 40.8 Å². The van der Waals surface area contributed by atoms with Gasteiger partial charge in [0.15, 0.2) is 0 Å². The maximum absolute atomic E-state index is 5.82. The van der Waals surface area contributed by atoms with Gasteiger partial charge in [0.2, 0.25) is 0 Å². The van der Waals surface area contributed by atoms with E-state index >= 15 is 0 Å². The molecule has 0 saturated heterocycles. The van der Waals surface area contributed by atoms with Gasteiger partial charge in [-0.25, -0.2) is 0 Å². The Morgan fingerprint density at radius 2 is 1.84 bits per heavy atom. The monoisotopic (exact) mass is 277 g/mol. The first-order chi connectivity index (χ1) is 9.29. The highest BCUT2D eigenvalue weighted by atomic mass is 35.5. The van der Waals surface area contributed by atoms with Gasteiger partial charge < -0.3 is 14.5 Å². The number of benzene rings is 1. The van der Waals surface area contributed by atoms with Gasteiger partial charge in [-0.3, -0.25) is 0 Å². The summed E-state index contributed by atoms with van der Waals surface area (Å²) in [4.78, 5) is 0. The maximum Gasteiger partial charge on any atom is 0.146 e. The fourth-order valence-electron chi connectivity index (χ4n) is 1.81. The lowest BCUT2D eigenvalue weighted by Crippen LogP contribution is -2.14. The van der Waals surface area contributed by atoms with E-state index in [4.69, 9.17) is 20.8 Å². The summed E-state index contributed by atoms with van der Waals surface area (Å²) in [5.74, 6) is 2.59. The molecule has 19 heavy (non-hydrogen) atoms. The number of halogens is 1. The molecule has 0 amide bonds. The molecular weight excluding hydrogens is 262 g/mol. The van der Waals surface area contributed by atoms with Crippen molar-refractivity contribution in [2.75, 3.05) is 0 Å².